The van der Waals surface area contributed by atoms with Crippen molar-refractivity contribution >= 4 is 0 Å². The first-order valence-electron chi connectivity index (χ1n) is 10.5. The third kappa shape index (κ3) is 5.05. The van der Waals surface area contributed by atoms with Gasteiger partial charge in [-0.1, -0.05) is 76.1 Å². The Morgan fingerprint density at radius 3 is 2.28 bits per heavy atom. The van der Waals surface area contributed by atoms with E-state index in [4.69, 9.17) is 0 Å². The molecule has 0 saturated heterocycles. The molecule has 0 nitrogen and oxygen atoms in total. The number of hydrogen-bond acceptors (Lipinski definition) is 0. The number of rotatable bonds is 6. The molecule has 2 atom stereocenters. The molecule has 2 aliphatic rings. The highest BCUT2D eigenvalue weighted by Crippen LogP contribution is 2.45. The number of alkyl halides is 2. The lowest BCUT2D eigenvalue weighted by Crippen LogP contribution is -2.26. The molecular weight excluding hydrogens is 314 g/mol. The van der Waals surface area contributed by atoms with Crippen molar-refractivity contribution in [3.8, 4) is 0 Å². The smallest absolute Gasteiger partial charge is 0.205 e. The monoisotopic (exact) mass is 348 g/mol. The van der Waals surface area contributed by atoms with Crippen molar-refractivity contribution in [3.63, 3.8) is 0 Å². The van der Waals surface area contributed by atoms with Crippen molar-refractivity contribution in [3.05, 3.63) is 35.4 Å². The van der Waals surface area contributed by atoms with Crippen molar-refractivity contribution < 1.29 is 8.78 Å². The Labute approximate surface area is 152 Å². The second kappa shape index (κ2) is 9.14. The van der Waals surface area contributed by atoms with Gasteiger partial charge in [-0.2, -0.15) is 0 Å². The molecule has 1 aromatic rings. The summed E-state index contributed by atoms with van der Waals surface area (Å²) in [4.78, 5) is 0. The van der Waals surface area contributed by atoms with E-state index in [0.717, 1.165) is 17.8 Å². The van der Waals surface area contributed by atoms with Crippen LogP contribution in [-0.4, -0.2) is 0 Å². The predicted octanol–water partition coefficient (Wildman–Crippen LogP) is 7.89. The van der Waals surface area contributed by atoms with E-state index in [9.17, 15) is 8.78 Å². The lowest BCUT2D eigenvalue weighted by molar-refractivity contribution is 0.150. The molecule has 0 heterocycles. The summed E-state index contributed by atoms with van der Waals surface area (Å²) in [6.45, 7) is 2.29. The van der Waals surface area contributed by atoms with E-state index < -0.39 is 6.43 Å². The normalized spacial score (nSPS) is 30.6. The van der Waals surface area contributed by atoms with Gasteiger partial charge in [-0.05, 0) is 54.9 Å². The quantitative estimate of drug-likeness (QED) is 0.490. The van der Waals surface area contributed by atoms with Gasteiger partial charge in [0, 0.05) is 5.56 Å². The maximum Gasteiger partial charge on any atom is 0.263 e. The van der Waals surface area contributed by atoms with Crippen molar-refractivity contribution in [2.24, 2.45) is 17.8 Å². The number of benzene rings is 1. The highest BCUT2D eigenvalue weighted by atomic mass is 19.3. The Kier molecular flexibility index (Phi) is 6.90. The Bertz CT molecular complexity index is 499. The molecule has 0 amide bonds. The van der Waals surface area contributed by atoms with Gasteiger partial charge >= 0.3 is 0 Å². The minimum Gasteiger partial charge on any atom is -0.205 e. The van der Waals surface area contributed by atoms with Crippen molar-refractivity contribution in [1.82, 2.24) is 0 Å². The lowest BCUT2D eigenvalue weighted by Gasteiger charge is -2.38. The number of hydrogen-bond donors (Lipinski definition) is 0. The Morgan fingerprint density at radius 2 is 1.64 bits per heavy atom. The van der Waals surface area contributed by atoms with Crippen molar-refractivity contribution in [2.45, 2.75) is 89.9 Å². The third-order valence-electron chi connectivity index (χ3n) is 6.90. The van der Waals surface area contributed by atoms with E-state index >= 15 is 0 Å². The molecule has 0 aromatic heterocycles. The van der Waals surface area contributed by atoms with Crippen LogP contribution >= 0.6 is 0 Å². The van der Waals surface area contributed by atoms with E-state index in [-0.39, 0.29) is 5.56 Å². The first kappa shape index (κ1) is 18.9. The van der Waals surface area contributed by atoms with Crippen LogP contribution < -0.4 is 0 Å². The summed E-state index contributed by atoms with van der Waals surface area (Å²) in [5, 5.41) is 0. The lowest BCUT2D eigenvalue weighted by atomic mass is 9.67. The number of halogens is 2. The first-order valence-corrected chi connectivity index (χ1v) is 10.5. The summed E-state index contributed by atoms with van der Waals surface area (Å²) in [5.74, 6) is 3.35. The Hall–Kier alpha value is -0.920. The minimum absolute atomic E-state index is 0.154. The van der Waals surface area contributed by atoms with Crippen molar-refractivity contribution in [1.29, 1.82) is 0 Å². The van der Waals surface area contributed by atoms with Gasteiger partial charge in [0.15, 0.2) is 0 Å². The molecule has 1 aromatic carbocycles. The van der Waals surface area contributed by atoms with E-state index in [1.807, 2.05) is 12.1 Å². The molecule has 2 heteroatoms. The van der Waals surface area contributed by atoms with E-state index in [1.165, 1.54) is 76.2 Å². The van der Waals surface area contributed by atoms with Gasteiger partial charge in [0.05, 0.1) is 0 Å². The zero-order valence-electron chi connectivity index (χ0n) is 15.7. The van der Waals surface area contributed by atoms with Gasteiger partial charge in [0.25, 0.3) is 6.43 Å². The zero-order chi connectivity index (χ0) is 17.6. The van der Waals surface area contributed by atoms with E-state index in [1.54, 1.807) is 12.1 Å². The van der Waals surface area contributed by atoms with Crippen molar-refractivity contribution in [2.75, 3.05) is 0 Å². The van der Waals surface area contributed by atoms with Crippen LogP contribution in [0.5, 0.6) is 0 Å². The highest BCUT2D eigenvalue weighted by Gasteiger charge is 2.31. The maximum absolute atomic E-state index is 12.8. The maximum atomic E-state index is 12.8. The van der Waals surface area contributed by atoms with Crippen LogP contribution in [0.3, 0.4) is 0 Å². The molecular formula is C23H34F2. The van der Waals surface area contributed by atoms with Gasteiger partial charge in [-0.25, -0.2) is 8.78 Å². The summed E-state index contributed by atoms with van der Waals surface area (Å²) in [5.41, 5.74) is 1.44. The average Bonchev–Trinajstić information content (AvgIpc) is 2.67. The molecule has 0 radical (unpaired) electrons. The average molecular weight is 349 g/mol. The van der Waals surface area contributed by atoms with E-state index in [2.05, 4.69) is 6.92 Å². The molecule has 2 saturated carbocycles. The molecule has 0 spiro atoms. The molecule has 3 rings (SSSR count). The Balaban J connectivity index is 1.53. The van der Waals surface area contributed by atoms with Gasteiger partial charge in [-0.3, -0.25) is 0 Å². The van der Waals surface area contributed by atoms with Crippen LogP contribution in [0.25, 0.3) is 0 Å². The molecule has 140 valence electrons. The first-order chi connectivity index (χ1) is 12.2. The topological polar surface area (TPSA) is 0 Å². The predicted molar refractivity (Wildman–Crippen MR) is 101 cm³/mol. The molecule has 2 fully saturated rings. The summed E-state index contributed by atoms with van der Waals surface area (Å²) < 4.78 is 25.5. The molecule has 0 aliphatic heterocycles. The summed E-state index contributed by atoms with van der Waals surface area (Å²) in [7, 11) is 0. The fraction of sp³-hybridized carbons (Fsp3) is 0.739. The van der Waals surface area contributed by atoms with Crippen LogP contribution in [-0.2, 0) is 0 Å². The number of unbranched alkanes of at least 4 members (excludes halogenated alkanes) is 1. The van der Waals surface area contributed by atoms with Gasteiger partial charge < -0.3 is 0 Å². The SMILES string of the molecule is CCCCC1CCC([C@H]2CCC[C@H](c3ccc(C(F)F)cc3)C2)CC1. The standard InChI is InChI=1S/C23H34F2/c1-2-3-5-17-8-10-18(11-9-17)21-6-4-7-22(16-21)19-12-14-20(15-13-19)23(24)25/h12-15,17-18,21-23H,2-11,16H2,1H3/t17?,18?,21-,22-/m0/s1. The van der Waals surface area contributed by atoms with E-state index in [0.29, 0.717) is 5.92 Å². The van der Waals surface area contributed by atoms with Crippen LogP contribution in [0.15, 0.2) is 24.3 Å². The van der Waals surface area contributed by atoms with Crippen LogP contribution in [0.2, 0.25) is 0 Å². The van der Waals surface area contributed by atoms with Gasteiger partial charge in [0.2, 0.25) is 0 Å². The second-order valence-corrected chi connectivity index (χ2v) is 8.51. The van der Waals surface area contributed by atoms with Gasteiger partial charge in [-0.15, -0.1) is 0 Å². The third-order valence-corrected chi connectivity index (χ3v) is 6.90. The van der Waals surface area contributed by atoms with Crippen LogP contribution in [0, 0.1) is 17.8 Å². The fourth-order valence-electron chi connectivity index (χ4n) is 5.31. The fourth-order valence-corrected chi connectivity index (χ4v) is 5.31. The second-order valence-electron chi connectivity index (χ2n) is 8.51. The highest BCUT2D eigenvalue weighted by molar-refractivity contribution is 5.26. The van der Waals surface area contributed by atoms with Gasteiger partial charge in [0.1, 0.15) is 0 Å². The van der Waals surface area contributed by atoms with Crippen LogP contribution in [0.1, 0.15) is 101 Å². The zero-order valence-corrected chi connectivity index (χ0v) is 15.7. The summed E-state index contributed by atoms with van der Waals surface area (Å²) in [6.07, 6.45) is 12.7. The summed E-state index contributed by atoms with van der Waals surface area (Å²) in [6, 6.07) is 7.16. The molecule has 0 N–H and O–H groups in total. The minimum atomic E-state index is -2.35. The molecule has 0 unspecified atom stereocenters. The summed E-state index contributed by atoms with van der Waals surface area (Å²) >= 11 is 0. The molecule has 0 bridgehead atoms. The molecule has 25 heavy (non-hydrogen) atoms. The Morgan fingerprint density at radius 1 is 0.920 bits per heavy atom. The molecule has 2 aliphatic carbocycles. The van der Waals surface area contributed by atoms with Crippen LogP contribution in [0.4, 0.5) is 8.78 Å². The largest absolute Gasteiger partial charge is 0.263 e.